The predicted octanol–water partition coefficient (Wildman–Crippen LogP) is -0.422. The van der Waals surface area contributed by atoms with E-state index in [0.717, 1.165) is 19.5 Å². The van der Waals surface area contributed by atoms with Gasteiger partial charge in [-0.25, -0.2) is 0 Å². The number of rotatable bonds is 2. The molecule has 1 aliphatic heterocycles. The molecule has 1 amide bonds. The molecule has 1 saturated heterocycles. The van der Waals surface area contributed by atoms with Gasteiger partial charge in [0.1, 0.15) is 0 Å². The van der Waals surface area contributed by atoms with Gasteiger partial charge in [0.25, 0.3) is 0 Å². The average molecular weight is 279 g/mol. The first-order valence-electron chi connectivity index (χ1n) is 6.66. The molecule has 0 atom stereocenters. The van der Waals surface area contributed by atoms with E-state index in [0.29, 0.717) is 25.0 Å². The van der Waals surface area contributed by atoms with Gasteiger partial charge in [0, 0.05) is 47.2 Å². The van der Waals surface area contributed by atoms with Crippen molar-refractivity contribution < 1.29 is 4.79 Å². The molecule has 2 rings (SSSR count). The van der Waals surface area contributed by atoms with Crippen molar-refractivity contribution in [1.82, 2.24) is 19.9 Å². The highest BCUT2D eigenvalue weighted by Gasteiger charge is 2.19. The zero-order valence-corrected chi connectivity index (χ0v) is 12.2. The Bertz CT molecular complexity index is 491. The third-order valence-electron chi connectivity index (χ3n) is 3.25. The number of aromatic nitrogens is 3. The van der Waals surface area contributed by atoms with Gasteiger partial charge in [-0.3, -0.25) is 4.79 Å². The minimum absolute atomic E-state index is 0.107. The molecule has 20 heavy (non-hydrogen) atoms. The largest absolute Gasteiger partial charge is 0.368 e. The van der Waals surface area contributed by atoms with Gasteiger partial charge in [0.15, 0.2) is 0 Å². The number of nitrogens with two attached hydrogens (primary N) is 1. The Kier molecular flexibility index (Phi) is 4.21. The molecule has 2 N–H and O–H groups in total. The first-order chi connectivity index (χ1) is 9.47. The number of hydrogen-bond donors (Lipinski definition) is 1. The van der Waals surface area contributed by atoms with Crippen LogP contribution >= 0.6 is 0 Å². The summed E-state index contributed by atoms with van der Waals surface area (Å²) in [6, 6.07) is 0. The van der Waals surface area contributed by atoms with Crippen LogP contribution in [-0.4, -0.2) is 66.0 Å². The van der Waals surface area contributed by atoms with E-state index < -0.39 is 0 Å². The van der Waals surface area contributed by atoms with Gasteiger partial charge in [-0.15, -0.1) is 0 Å². The van der Waals surface area contributed by atoms with Crippen molar-refractivity contribution in [3.63, 3.8) is 0 Å². The topological polar surface area (TPSA) is 91.5 Å². The predicted molar refractivity (Wildman–Crippen MR) is 77.7 cm³/mol. The summed E-state index contributed by atoms with van der Waals surface area (Å²) >= 11 is 0. The molecule has 0 saturated carbocycles. The third-order valence-corrected chi connectivity index (χ3v) is 3.25. The lowest BCUT2D eigenvalue weighted by Crippen LogP contribution is -2.34. The molecule has 0 aliphatic carbocycles. The molecule has 0 unspecified atom stereocenters. The minimum Gasteiger partial charge on any atom is -0.368 e. The summed E-state index contributed by atoms with van der Waals surface area (Å²) in [6.07, 6.45) is 0.891. The summed E-state index contributed by atoms with van der Waals surface area (Å²) in [5, 5.41) is 0. The highest BCUT2D eigenvalue weighted by molar-refractivity contribution is 5.73. The van der Waals surface area contributed by atoms with Crippen molar-refractivity contribution in [2.24, 2.45) is 0 Å². The smallest absolute Gasteiger partial charge is 0.232 e. The molecule has 1 aromatic rings. The Balaban J connectivity index is 2.17. The third kappa shape index (κ3) is 3.25. The number of carbonyl (C=O) groups excluding carboxylic acids is 1. The number of amides is 1. The van der Waals surface area contributed by atoms with Crippen LogP contribution in [0.1, 0.15) is 13.3 Å². The average Bonchev–Trinajstić information content (AvgIpc) is 2.63. The normalized spacial score (nSPS) is 15.9. The van der Waals surface area contributed by atoms with Crippen molar-refractivity contribution >= 4 is 23.8 Å². The van der Waals surface area contributed by atoms with Crippen molar-refractivity contribution in [2.75, 3.05) is 55.8 Å². The van der Waals surface area contributed by atoms with Crippen molar-refractivity contribution in [1.29, 1.82) is 0 Å². The van der Waals surface area contributed by atoms with Gasteiger partial charge in [-0.2, -0.15) is 15.0 Å². The Hall–Kier alpha value is -2.12. The number of nitrogen functional groups attached to an aromatic ring is 1. The molecule has 1 fully saturated rings. The molecule has 2 heterocycles. The maximum atomic E-state index is 11.4. The van der Waals surface area contributed by atoms with E-state index in [1.165, 1.54) is 0 Å². The van der Waals surface area contributed by atoms with Crippen LogP contribution in [0.4, 0.5) is 17.8 Å². The van der Waals surface area contributed by atoms with Gasteiger partial charge in [0.05, 0.1) is 0 Å². The second-order valence-corrected chi connectivity index (χ2v) is 5.03. The SMILES string of the molecule is CC(=O)N1CCCN(c2nc(N)nc(N(C)C)n2)CC1. The van der Waals surface area contributed by atoms with E-state index in [9.17, 15) is 4.79 Å². The molecule has 110 valence electrons. The van der Waals surface area contributed by atoms with Gasteiger partial charge in [-0.1, -0.05) is 0 Å². The van der Waals surface area contributed by atoms with Gasteiger partial charge >= 0.3 is 0 Å². The van der Waals surface area contributed by atoms with Crippen LogP contribution < -0.4 is 15.5 Å². The van der Waals surface area contributed by atoms with Gasteiger partial charge < -0.3 is 20.4 Å². The summed E-state index contributed by atoms with van der Waals surface area (Å²) in [4.78, 5) is 29.8. The van der Waals surface area contributed by atoms with E-state index >= 15 is 0 Å². The first kappa shape index (κ1) is 14.3. The van der Waals surface area contributed by atoms with E-state index in [2.05, 4.69) is 15.0 Å². The monoisotopic (exact) mass is 279 g/mol. The molecular formula is C12H21N7O. The van der Waals surface area contributed by atoms with Gasteiger partial charge in [-0.05, 0) is 6.42 Å². The van der Waals surface area contributed by atoms with E-state index in [1.807, 2.05) is 23.9 Å². The molecule has 0 aromatic carbocycles. The van der Waals surface area contributed by atoms with Crippen LogP contribution in [0.2, 0.25) is 0 Å². The van der Waals surface area contributed by atoms with E-state index in [1.54, 1.807) is 11.8 Å². The Morgan fingerprint density at radius 2 is 1.90 bits per heavy atom. The fourth-order valence-electron chi connectivity index (χ4n) is 2.14. The number of hydrogen-bond acceptors (Lipinski definition) is 7. The number of anilines is 3. The molecule has 8 nitrogen and oxygen atoms in total. The second kappa shape index (κ2) is 5.89. The van der Waals surface area contributed by atoms with Crippen molar-refractivity contribution in [2.45, 2.75) is 13.3 Å². The summed E-state index contributed by atoms with van der Waals surface area (Å²) in [6.45, 7) is 4.56. The quantitative estimate of drug-likeness (QED) is 0.786. The van der Waals surface area contributed by atoms with Gasteiger partial charge in [0.2, 0.25) is 23.8 Å². The molecule has 0 bridgehead atoms. The fourth-order valence-corrected chi connectivity index (χ4v) is 2.14. The zero-order valence-electron chi connectivity index (χ0n) is 12.2. The van der Waals surface area contributed by atoms with Crippen LogP contribution in [-0.2, 0) is 4.79 Å². The molecule has 0 spiro atoms. The lowest BCUT2D eigenvalue weighted by Gasteiger charge is -2.22. The Labute approximate surface area is 118 Å². The van der Waals surface area contributed by atoms with Crippen LogP contribution in [0.15, 0.2) is 0 Å². The summed E-state index contributed by atoms with van der Waals surface area (Å²) in [5.74, 6) is 1.44. The lowest BCUT2D eigenvalue weighted by molar-refractivity contribution is -0.128. The molecule has 0 radical (unpaired) electrons. The summed E-state index contributed by atoms with van der Waals surface area (Å²) in [5.41, 5.74) is 5.74. The Morgan fingerprint density at radius 1 is 1.15 bits per heavy atom. The van der Waals surface area contributed by atoms with E-state index in [-0.39, 0.29) is 11.9 Å². The molecule has 1 aromatic heterocycles. The van der Waals surface area contributed by atoms with Crippen LogP contribution in [0.25, 0.3) is 0 Å². The summed E-state index contributed by atoms with van der Waals surface area (Å²) < 4.78 is 0. The molecule has 1 aliphatic rings. The molecule has 8 heteroatoms. The van der Waals surface area contributed by atoms with Crippen molar-refractivity contribution in [3.05, 3.63) is 0 Å². The zero-order chi connectivity index (χ0) is 14.7. The van der Waals surface area contributed by atoms with Crippen LogP contribution in [0.3, 0.4) is 0 Å². The lowest BCUT2D eigenvalue weighted by atomic mass is 10.4. The molecular weight excluding hydrogens is 258 g/mol. The standard InChI is InChI=1S/C12H21N7O/c1-9(20)18-5-4-6-19(8-7-18)12-15-10(13)14-11(16-12)17(2)3/h4-8H2,1-3H3,(H2,13,14,15,16). The number of carbonyl (C=O) groups is 1. The maximum Gasteiger partial charge on any atom is 0.232 e. The highest BCUT2D eigenvalue weighted by Crippen LogP contribution is 2.15. The highest BCUT2D eigenvalue weighted by atomic mass is 16.2. The van der Waals surface area contributed by atoms with Crippen LogP contribution in [0.5, 0.6) is 0 Å². The Morgan fingerprint density at radius 3 is 2.55 bits per heavy atom. The summed E-state index contributed by atoms with van der Waals surface area (Å²) in [7, 11) is 3.72. The second-order valence-electron chi connectivity index (χ2n) is 5.03. The van der Waals surface area contributed by atoms with Crippen LogP contribution in [0, 0.1) is 0 Å². The number of nitrogens with zero attached hydrogens (tertiary/aromatic N) is 6. The van der Waals surface area contributed by atoms with E-state index in [4.69, 9.17) is 5.73 Å². The van der Waals surface area contributed by atoms with Crippen molar-refractivity contribution in [3.8, 4) is 0 Å². The fraction of sp³-hybridized carbons (Fsp3) is 0.667. The minimum atomic E-state index is 0.107. The maximum absolute atomic E-state index is 11.4. The first-order valence-corrected chi connectivity index (χ1v) is 6.66.